The quantitative estimate of drug-likeness (QED) is 0.703. The number of urea groups is 1. The molecule has 12 heteroatoms. The van der Waals surface area contributed by atoms with E-state index in [1.807, 2.05) is 0 Å². The number of pyridine rings is 1. The molecule has 6 nitrogen and oxygen atoms in total. The molecule has 2 amide bonds. The third-order valence-corrected chi connectivity index (χ3v) is 4.04. The van der Waals surface area contributed by atoms with E-state index in [4.69, 9.17) is 0 Å². The minimum Gasteiger partial charge on any atom is -0.468 e. The Morgan fingerprint density at radius 3 is 2.61 bits per heavy atom. The Labute approximate surface area is 157 Å². The number of nitrogens with zero attached hydrogens (tertiary/aromatic N) is 2. The van der Waals surface area contributed by atoms with Gasteiger partial charge in [-0.05, 0) is 17.5 Å². The predicted octanol–water partition coefficient (Wildman–Crippen LogP) is 2.70. The molecule has 1 saturated heterocycles. The third-order valence-electron chi connectivity index (χ3n) is 4.04. The van der Waals surface area contributed by atoms with Gasteiger partial charge in [0.05, 0.1) is 6.54 Å². The molecule has 1 aromatic rings. The Morgan fingerprint density at radius 2 is 1.96 bits per heavy atom. The van der Waals surface area contributed by atoms with Gasteiger partial charge >= 0.3 is 18.4 Å². The van der Waals surface area contributed by atoms with Gasteiger partial charge in [0, 0.05) is 37.9 Å². The Morgan fingerprint density at radius 1 is 1.25 bits per heavy atom. The summed E-state index contributed by atoms with van der Waals surface area (Å²) in [5, 5.41) is 5.13. The SMILES string of the molecule is C[C@@H]1CN(CC(F)(F)F)CC1NC(=O)NCc1ccnc(OCC(F)(F)F)c1. The van der Waals surface area contributed by atoms with Crippen LogP contribution in [0.25, 0.3) is 0 Å². The molecule has 1 aromatic heterocycles. The Hall–Kier alpha value is -2.24. The molecule has 0 bridgehead atoms. The van der Waals surface area contributed by atoms with Crippen molar-refractivity contribution in [2.24, 2.45) is 5.92 Å². The zero-order valence-electron chi connectivity index (χ0n) is 14.9. The molecule has 0 aromatic carbocycles. The average molecular weight is 414 g/mol. The van der Waals surface area contributed by atoms with Crippen LogP contribution in [-0.2, 0) is 6.54 Å². The fraction of sp³-hybridized carbons (Fsp3) is 0.625. The lowest BCUT2D eigenvalue weighted by Crippen LogP contribution is -2.45. The smallest absolute Gasteiger partial charge is 0.422 e. The van der Waals surface area contributed by atoms with Crippen molar-refractivity contribution < 1.29 is 35.9 Å². The molecule has 1 aliphatic heterocycles. The van der Waals surface area contributed by atoms with E-state index in [2.05, 4.69) is 20.4 Å². The van der Waals surface area contributed by atoms with Crippen molar-refractivity contribution >= 4 is 6.03 Å². The van der Waals surface area contributed by atoms with Crippen LogP contribution in [0.3, 0.4) is 0 Å². The normalized spacial score (nSPS) is 20.8. The van der Waals surface area contributed by atoms with Crippen LogP contribution in [0.2, 0.25) is 0 Å². The third kappa shape index (κ3) is 7.79. The van der Waals surface area contributed by atoms with Gasteiger partial charge in [-0.25, -0.2) is 9.78 Å². The highest BCUT2D eigenvalue weighted by molar-refractivity contribution is 5.74. The molecule has 28 heavy (non-hydrogen) atoms. The molecule has 0 aliphatic carbocycles. The molecule has 1 aliphatic rings. The topological polar surface area (TPSA) is 66.5 Å². The predicted molar refractivity (Wildman–Crippen MR) is 86.6 cm³/mol. The molecule has 2 N–H and O–H groups in total. The highest BCUT2D eigenvalue weighted by atomic mass is 19.4. The lowest BCUT2D eigenvalue weighted by Gasteiger charge is -2.18. The molecule has 2 rings (SSSR count). The standard InChI is InChI=1S/C16H20F6N4O2/c1-10-6-26(8-15(17,18)19)7-12(10)25-14(27)24-5-11-2-3-23-13(4-11)28-9-16(20,21)22/h2-4,10,12H,5-9H2,1H3,(H2,24,25,27)/t10-,12?/m1/s1. The number of carbonyl (C=O) groups excluding carboxylic acids is 1. The molecule has 0 saturated carbocycles. The summed E-state index contributed by atoms with van der Waals surface area (Å²) in [7, 11) is 0. The van der Waals surface area contributed by atoms with Gasteiger partial charge in [0.15, 0.2) is 6.61 Å². The maximum absolute atomic E-state index is 12.5. The van der Waals surface area contributed by atoms with Crippen molar-refractivity contribution in [3.8, 4) is 5.88 Å². The number of nitrogens with one attached hydrogen (secondary N) is 2. The number of ether oxygens (including phenoxy) is 1. The van der Waals surface area contributed by atoms with E-state index in [-0.39, 0.29) is 31.4 Å². The van der Waals surface area contributed by atoms with Gasteiger partial charge in [0.25, 0.3) is 0 Å². The molecule has 1 unspecified atom stereocenters. The first-order valence-corrected chi connectivity index (χ1v) is 8.39. The van der Waals surface area contributed by atoms with Crippen molar-refractivity contribution in [1.29, 1.82) is 0 Å². The second-order valence-electron chi connectivity index (χ2n) is 6.63. The minimum atomic E-state index is -4.49. The van der Waals surface area contributed by atoms with Gasteiger partial charge in [0.1, 0.15) is 0 Å². The summed E-state index contributed by atoms with van der Waals surface area (Å²) >= 11 is 0. The summed E-state index contributed by atoms with van der Waals surface area (Å²) in [5.41, 5.74) is 0.459. The molecule has 2 atom stereocenters. The van der Waals surface area contributed by atoms with Crippen LogP contribution in [0.5, 0.6) is 5.88 Å². The average Bonchev–Trinajstić information content (AvgIpc) is 2.88. The summed E-state index contributed by atoms with van der Waals surface area (Å²) in [6.45, 7) is -0.480. The first-order chi connectivity index (χ1) is 12.9. The van der Waals surface area contributed by atoms with E-state index in [1.54, 1.807) is 6.92 Å². The number of aromatic nitrogens is 1. The second-order valence-corrected chi connectivity index (χ2v) is 6.63. The first-order valence-electron chi connectivity index (χ1n) is 8.39. The minimum absolute atomic E-state index is 0.00982. The number of amides is 2. The molecule has 0 radical (unpaired) electrons. The van der Waals surface area contributed by atoms with Crippen molar-refractivity contribution in [3.63, 3.8) is 0 Å². The van der Waals surface area contributed by atoms with Gasteiger partial charge in [-0.3, -0.25) is 4.90 Å². The lowest BCUT2D eigenvalue weighted by atomic mass is 10.1. The summed E-state index contributed by atoms with van der Waals surface area (Å²) in [4.78, 5) is 16.9. The van der Waals surface area contributed by atoms with E-state index in [0.29, 0.717) is 5.56 Å². The number of hydrogen-bond acceptors (Lipinski definition) is 4. The maximum atomic E-state index is 12.5. The highest BCUT2D eigenvalue weighted by Crippen LogP contribution is 2.23. The van der Waals surface area contributed by atoms with Crippen LogP contribution in [-0.4, -0.2) is 60.6 Å². The molecular formula is C16H20F6N4O2. The lowest BCUT2D eigenvalue weighted by molar-refractivity contribution is -0.154. The molecule has 2 heterocycles. The highest BCUT2D eigenvalue weighted by Gasteiger charge is 2.37. The zero-order chi connectivity index (χ0) is 20.9. The summed E-state index contributed by atoms with van der Waals surface area (Å²) in [5.74, 6) is -0.388. The number of hydrogen-bond donors (Lipinski definition) is 2. The summed E-state index contributed by atoms with van der Waals surface area (Å²) in [6, 6.07) is 1.73. The van der Waals surface area contributed by atoms with Crippen molar-refractivity contribution in [2.45, 2.75) is 31.9 Å². The monoisotopic (exact) mass is 414 g/mol. The summed E-state index contributed by atoms with van der Waals surface area (Å²) in [6.07, 6.45) is -7.55. The fourth-order valence-electron chi connectivity index (χ4n) is 2.83. The van der Waals surface area contributed by atoms with Crippen molar-refractivity contribution in [2.75, 3.05) is 26.2 Å². The van der Waals surface area contributed by atoms with Crippen molar-refractivity contribution in [3.05, 3.63) is 23.9 Å². The molecule has 0 spiro atoms. The van der Waals surface area contributed by atoms with Crippen LogP contribution in [0, 0.1) is 5.92 Å². The molecule has 1 fully saturated rings. The Kier molecular flexibility index (Phi) is 6.96. The Balaban J connectivity index is 1.79. The van der Waals surface area contributed by atoms with Crippen LogP contribution in [0.4, 0.5) is 31.1 Å². The Bertz CT molecular complexity index is 667. The van der Waals surface area contributed by atoms with Crippen LogP contribution >= 0.6 is 0 Å². The maximum Gasteiger partial charge on any atom is 0.422 e. The van der Waals surface area contributed by atoms with Crippen molar-refractivity contribution in [1.82, 2.24) is 20.5 Å². The van der Waals surface area contributed by atoms with Gasteiger partial charge in [-0.15, -0.1) is 0 Å². The van der Waals surface area contributed by atoms with Crippen LogP contribution < -0.4 is 15.4 Å². The van der Waals surface area contributed by atoms with Gasteiger partial charge < -0.3 is 15.4 Å². The van der Waals surface area contributed by atoms with Crippen LogP contribution in [0.1, 0.15) is 12.5 Å². The van der Waals surface area contributed by atoms with E-state index in [9.17, 15) is 31.1 Å². The van der Waals surface area contributed by atoms with E-state index in [1.165, 1.54) is 23.2 Å². The van der Waals surface area contributed by atoms with E-state index in [0.717, 1.165) is 0 Å². The van der Waals surface area contributed by atoms with Crippen LogP contribution in [0.15, 0.2) is 18.3 Å². The summed E-state index contributed by atoms with van der Waals surface area (Å²) < 4.78 is 78.4. The first kappa shape index (κ1) is 22.1. The number of carbonyl (C=O) groups is 1. The number of alkyl halides is 6. The zero-order valence-corrected chi connectivity index (χ0v) is 14.9. The van der Waals surface area contributed by atoms with Gasteiger partial charge in [-0.1, -0.05) is 6.92 Å². The van der Waals surface area contributed by atoms with Gasteiger partial charge in [-0.2, -0.15) is 26.3 Å². The number of halogens is 6. The molecular weight excluding hydrogens is 394 g/mol. The number of likely N-dealkylation sites (tertiary alicyclic amines) is 1. The van der Waals surface area contributed by atoms with Gasteiger partial charge in [0.2, 0.25) is 5.88 Å². The molecule has 158 valence electrons. The number of rotatable bonds is 6. The van der Waals surface area contributed by atoms with E-state index >= 15 is 0 Å². The fourth-order valence-corrected chi connectivity index (χ4v) is 2.83. The second kappa shape index (κ2) is 8.84. The largest absolute Gasteiger partial charge is 0.468 e. The van der Waals surface area contributed by atoms with E-state index < -0.39 is 37.6 Å².